The van der Waals surface area contributed by atoms with Gasteiger partial charge in [-0.3, -0.25) is 9.59 Å². The number of fused-ring (bicyclic) bond motifs is 1. The van der Waals surface area contributed by atoms with E-state index in [2.05, 4.69) is 11.1 Å². The number of hydrogen-bond donors (Lipinski definition) is 2. The number of rotatable bonds is 1. The molecule has 11 heavy (non-hydrogen) atoms. The van der Waals surface area contributed by atoms with Gasteiger partial charge in [-0.2, -0.15) is 0 Å². The third-order valence-electron chi connectivity index (χ3n) is 1.56. The minimum absolute atomic E-state index is 0.0710. The van der Waals surface area contributed by atoms with Gasteiger partial charge in [0.15, 0.2) is 18.6 Å². The Bertz CT molecular complexity index is 229. The van der Waals surface area contributed by atoms with Crippen LogP contribution in [0, 0.1) is 0 Å². The summed E-state index contributed by atoms with van der Waals surface area (Å²) >= 11 is 0. The molecule has 0 bridgehead atoms. The molecule has 2 saturated heterocycles. The minimum Gasteiger partial charge on any atom is -0.361 e. The Labute approximate surface area is 61.6 Å². The van der Waals surface area contributed by atoms with Crippen LogP contribution in [-0.2, 0) is 19.1 Å². The van der Waals surface area contributed by atoms with Crippen molar-refractivity contribution < 1.29 is 19.1 Å². The Morgan fingerprint density at radius 2 is 2.09 bits per heavy atom. The molecular formula is C5H6N2O4. The van der Waals surface area contributed by atoms with Crippen LogP contribution in [0.25, 0.3) is 0 Å². The Kier molecular flexibility index (Phi) is 1.15. The number of carbonyl (C=O) groups is 2. The number of primary amides is 1. The van der Waals surface area contributed by atoms with Crippen LogP contribution in [0.3, 0.4) is 0 Å². The zero-order valence-electron chi connectivity index (χ0n) is 5.44. The SMILES string of the molecule is NC(=O)C(=O)NC1OC2OC12. The Hall–Kier alpha value is -1.14. The van der Waals surface area contributed by atoms with E-state index in [-0.39, 0.29) is 12.4 Å². The molecule has 6 nitrogen and oxygen atoms in total. The standard InChI is InChI=1S/C5H6N2O4/c6-2(8)3(9)7-4-1-5(10-1)11-4/h1,4-5H,(H2,6,8)(H,7,9). The highest BCUT2D eigenvalue weighted by atomic mass is 16.8. The van der Waals surface area contributed by atoms with E-state index in [0.29, 0.717) is 0 Å². The third-order valence-corrected chi connectivity index (χ3v) is 1.56. The first-order chi connectivity index (χ1) is 5.18. The molecular weight excluding hydrogens is 152 g/mol. The Morgan fingerprint density at radius 1 is 1.36 bits per heavy atom. The second-order valence-corrected chi connectivity index (χ2v) is 2.36. The van der Waals surface area contributed by atoms with Crippen LogP contribution in [0.4, 0.5) is 0 Å². The lowest BCUT2D eigenvalue weighted by atomic mass is 10.3. The topological polar surface area (TPSA) is 94.0 Å². The molecule has 0 saturated carbocycles. The highest BCUT2D eigenvalue weighted by Gasteiger charge is 2.59. The number of amides is 2. The van der Waals surface area contributed by atoms with Gasteiger partial charge < -0.3 is 20.5 Å². The molecule has 0 aromatic carbocycles. The van der Waals surface area contributed by atoms with Crippen LogP contribution >= 0.6 is 0 Å². The Balaban J connectivity index is 1.81. The molecule has 3 unspecified atom stereocenters. The van der Waals surface area contributed by atoms with Gasteiger partial charge in [0.2, 0.25) is 0 Å². The van der Waals surface area contributed by atoms with Gasteiger partial charge in [-0.1, -0.05) is 0 Å². The minimum atomic E-state index is -1.02. The van der Waals surface area contributed by atoms with Gasteiger partial charge in [0.1, 0.15) is 0 Å². The summed E-state index contributed by atoms with van der Waals surface area (Å²) in [5, 5.41) is 2.25. The van der Waals surface area contributed by atoms with E-state index >= 15 is 0 Å². The van der Waals surface area contributed by atoms with Crippen LogP contribution in [0.15, 0.2) is 0 Å². The van der Waals surface area contributed by atoms with E-state index in [4.69, 9.17) is 9.47 Å². The number of carbonyl (C=O) groups excluding carboxylic acids is 2. The van der Waals surface area contributed by atoms with Gasteiger partial charge in [0, 0.05) is 0 Å². The molecule has 0 aromatic heterocycles. The van der Waals surface area contributed by atoms with Crippen molar-refractivity contribution >= 4 is 11.8 Å². The van der Waals surface area contributed by atoms with E-state index in [1.165, 1.54) is 0 Å². The summed E-state index contributed by atoms with van der Waals surface area (Å²) in [4.78, 5) is 20.8. The van der Waals surface area contributed by atoms with Gasteiger partial charge in [0.25, 0.3) is 0 Å². The maximum absolute atomic E-state index is 10.6. The van der Waals surface area contributed by atoms with Crippen LogP contribution < -0.4 is 11.1 Å². The van der Waals surface area contributed by atoms with Crippen molar-refractivity contribution in [2.75, 3.05) is 0 Å². The van der Waals surface area contributed by atoms with Crippen LogP contribution in [0.1, 0.15) is 0 Å². The monoisotopic (exact) mass is 158 g/mol. The fourth-order valence-electron chi connectivity index (χ4n) is 0.882. The lowest BCUT2D eigenvalue weighted by Crippen LogP contribution is -2.51. The van der Waals surface area contributed by atoms with Crippen molar-refractivity contribution in [1.82, 2.24) is 5.32 Å². The molecule has 2 heterocycles. The predicted octanol–water partition coefficient (Wildman–Crippen LogP) is -2.33. The number of hydrogen-bond acceptors (Lipinski definition) is 4. The zero-order valence-corrected chi connectivity index (χ0v) is 5.44. The summed E-state index contributed by atoms with van der Waals surface area (Å²) < 4.78 is 9.70. The van der Waals surface area contributed by atoms with E-state index < -0.39 is 18.0 Å². The highest BCUT2D eigenvalue weighted by molar-refractivity contribution is 6.34. The van der Waals surface area contributed by atoms with E-state index in [1.54, 1.807) is 0 Å². The maximum Gasteiger partial charge on any atom is 0.311 e. The molecule has 0 radical (unpaired) electrons. The first-order valence-corrected chi connectivity index (χ1v) is 3.10. The number of nitrogens with one attached hydrogen (secondary N) is 1. The van der Waals surface area contributed by atoms with E-state index in [9.17, 15) is 9.59 Å². The normalized spacial score (nSPS) is 38.4. The fraction of sp³-hybridized carbons (Fsp3) is 0.600. The largest absolute Gasteiger partial charge is 0.361 e. The van der Waals surface area contributed by atoms with Crippen molar-refractivity contribution in [2.45, 2.75) is 18.6 Å². The molecule has 2 aliphatic heterocycles. The first-order valence-electron chi connectivity index (χ1n) is 3.10. The van der Waals surface area contributed by atoms with Gasteiger partial charge in [-0.15, -0.1) is 0 Å². The molecule has 3 N–H and O–H groups in total. The molecule has 2 amide bonds. The predicted molar refractivity (Wildman–Crippen MR) is 30.9 cm³/mol. The number of epoxide rings is 1. The lowest BCUT2D eigenvalue weighted by molar-refractivity contribution is -0.143. The molecule has 6 heteroatoms. The van der Waals surface area contributed by atoms with Crippen molar-refractivity contribution in [3.05, 3.63) is 0 Å². The molecule has 0 aromatic rings. The summed E-state index contributed by atoms with van der Waals surface area (Å²) in [6, 6.07) is 0. The second kappa shape index (κ2) is 1.93. The van der Waals surface area contributed by atoms with Crippen molar-refractivity contribution in [3.63, 3.8) is 0 Å². The van der Waals surface area contributed by atoms with Gasteiger partial charge >= 0.3 is 11.8 Å². The second-order valence-electron chi connectivity index (χ2n) is 2.36. The summed E-state index contributed by atoms with van der Waals surface area (Å²) in [5.41, 5.74) is 4.67. The maximum atomic E-state index is 10.6. The molecule has 3 atom stereocenters. The van der Waals surface area contributed by atoms with E-state index in [1.807, 2.05) is 0 Å². The fourth-order valence-corrected chi connectivity index (χ4v) is 0.882. The molecule has 2 rings (SSSR count). The average Bonchev–Trinajstić information content (AvgIpc) is 2.55. The first kappa shape index (κ1) is 6.56. The molecule has 2 aliphatic rings. The average molecular weight is 158 g/mol. The Morgan fingerprint density at radius 3 is 2.45 bits per heavy atom. The van der Waals surface area contributed by atoms with Gasteiger partial charge in [-0.05, 0) is 0 Å². The molecule has 2 fully saturated rings. The van der Waals surface area contributed by atoms with Gasteiger partial charge in [0.05, 0.1) is 0 Å². The summed E-state index contributed by atoms with van der Waals surface area (Å²) in [6.45, 7) is 0. The summed E-state index contributed by atoms with van der Waals surface area (Å²) in [6.07, 6.45) is -0.730. The molecule has 0 aliphatic carbocycles. The van der Waals surface area contributed by atoms with Crippen molar-refractivity contribution in [2.24, 2.45) is 5.73 Å². The molecule has 60 valence electrons. The van der Waals surface area contributed by atoms with E-state index in [0.717, 1.165) is 0 Å². The number of nitrogens with two attached hydrogens (primary N) is 1. The quantitative estimate of drug-likeness (QED) is 0.330. The highest BCUT2D eigenvalue weighted by Crippen LogP contribution is 2.38. The van der Waals surface area contributed by atoms with Crippen molar-refractivity contribution in [1.29, 1.82) is 0 Å². The van der Waals surface area contributed by atoms with Gasteiger partial charge in [-0.25, -0.2) is 0 Å². The van der Waals surface area contributed by atoms with Crippen LogP contribution in [0.2, 0.25) is 0 Å². The summed E-state index contributed by atoms with van der Waals surface area (Å²) in [5.74, 6) is -1.86. The number of ether oxygens (including phenoxy) is 2. The lowest BCUT2D eigenvalue weighted by Gasteiger charge is -2.20. The smallest absolute Gasteiger partial charge is 0.311 e. The van der Waals surface area contributed by atoms with Crippen molar-refractivity contribution in [3.8, 4) is 0 Å². The van der Waals surface area contributed by atoms with Crippen LogP contribution in [0.5, 0.6) is 0 Å². The molecule has 0 spiro atoms. The zero-order chi connectivity index (χ0) is 8.01. The summed E-state index contributed by atoms with van der Waals surface area (Å²) in [7, 11) is 0. The van der Waals surface area contributed by atoms with Crippen LogP contribution in [-0.4, -0.2) is 30.4 Å². The third kappa shape index (κ3) is 0.958.